The second-order valence-corrected chi connectivity index (χ2v) is 3.70. The lowest BCUT2D eigenvalue weighted by Gasteiger charge is -2.18. The van der Waals surface area contributed by atoms with Crippen molar-refractivity contribution >= 4 is 11.9 Å². The summed E-state index contributed by atoms with van der Waals surface area (Å²) in [6, 6.07) is 3.00. The molecular formula is C9H13NO3. The number of hydrogen-bond acceptors (Lipinski definition) is 4. The van der Waals surface area contributed by atoms with Crippen LogP contribution >= 0.6 is 0 Å². The molecule has 4 heteroatoms. The molecule has 0 aromatic carbocycles. The van der Waals surface area contributed by atoms with Crippen LogP contribution in [0.2, 0.25) is 0 Å². The monoisotopic (exact) mass is 183 g/mol. The number of esters is 1. The maximum absolute atomic E-state index is 11.3. The smallest absolute Gasteiger partial charge is 0.374 e. The van der Waals surface area contributed by atoms with Gasteiger partial charge in [-0.15, -0.1) is 0 Å². The summed E-state index contributed by atoms with van der Waals surface area (Å²) in [4.78, 5) is 11.3. The number of carbonyl (C=O) groups excluding carboxylic acids is 1. The second-order valence-electron chi connectivity index (χ2n) is 3.70. The van der Waals surface area contributed by atoms with Crippen LogP contribution in [0.5, 0.6) is 0 Å². The van der Waals surface area contributed by atoms with Gasteiger partial charge >= 0.3 is 5.97 Å². The van der Waals surface area contributed by atoms with Crippen LogP contribution in [0.4, 0.5) is 5.88 Å². The van der Waals surface area contributed by atoms with E-state index in [4.69, 9.17) is 14.9 Å². The Kier molecular flexibility index (Phi) is 2.32. The quantitative estimate of drug-likeness (QED) is 0.674. The summed E-state index contributed by atoms with van der Waals surface area (Å²) >= 11 is 0. The Bertz CT molecular complexity index is 309. The van der Waals surface area contributed by atoms with Crippen molar-refractivity contribution in [3.63, 3.8) is 0 Å². The highest BCUT2D eigenvalue weighted by Crippen LogP contribution is 2.15. The molecule has 2 N–H and O–H groups in total. The molecule has 0 saturated carbocycles. The highest BCUT2D eigenvalue weighted by Gasteiger charge is 2.20. The maximum atomic E-state index is 11.3. The van der Waals surface area contributed by atoms with Crippen LogP contribution in [-0.2, 0) is 4.74 Å². The molecule has 0 atom stereocenters. The van der Waals surface area contributed by atoms with Crippen molar-refractivity contribution in [2.75, 3.05) is 5.73 Å². The van der Waals surface area contributed by atoms with Crippen LogP contribution in [0.1, 0.15) is 31.3 Å². The molecule has 0 aliphatic carbocycles. The molecule has 0 amide bonds. The van der Waals surface area contributed by atoms with E-state index in [-0.39, 0.29) is 11.6 Å². The number of carbonyl (C=O) groups is 1. The summed E-state index contributed by atoms with van der Waals surface area (Å²) < 4.78 is 9.94. The van der Waals surface area contributed by atoms with Crippen molar-refractivity contribution in [1.82, 2.24) is 0 Å². The third kappa shape index (κ3) is 2.82. The Labute approximate surface area is 76.7 Å². The van der Waals surface area contributed by atoms with E-state index in [9.17, 15) is 4.79 Å². The lowest BCUT2D eigenvalue weighted by Crippen LogP contribution is -2.23. The normalized spacial score (nSPS) is 11.3. The molecule has 0 fully saturated rings. The highest BCUT2D eigenvalue weighted by atomic mass is 16.6. The number of rotatable bonds is 1. The van der Waals surface area contributed by atoms with Crippen molar-refractivity contribution in [1.29, 1.82) is 0 Å². The zero-order valence-corrected chi connectivity index (χ0v) is 7.96. The zero-order chi connectivity index (χ0) is 10.1. The predicted octanol–water partition coefficient (Wildman–Crippen LogP) is 1.82. The van der Waals surface area contributed by atoms with Crippen molar-refractivity contribution < 1.29 is 13.9 Å². The fourth-order valence-electron chi connectivity index (χ4n) is 0.791. The molecule has 1 rings (SSSR count). The lowest BCUT2D eigenvalue weighted by molar-refractivity contribution is 0.00371. The van der Waals surface area contributed by atoms with Crippen molar-refractivity contribution in [2.24, 2.45) is 0 Å². The van der Waals surface area contributed by atoms with Crippen LogP contribution in [0, 0.1) is 0 Å². The molecule has 0 bridgehead atoms. The van der Waals surface area contributed by atoms with Gasteiger partial charge in [-0.05, 0) is 26.8 Å². The van der Waals surface area contributed by atoms with Gasteiger partial charge in [-0.1, -0.05) is 0 Å². The van der Waals surface area contributed by atoms with E-state index in [0.29, 0.717) is 0 Å². The van der Waals surface area contributed by atoms with Crippen molar-refractivity contribution in [3.05, 3.63) is 17.9 Å². The maximum Gasteiger partial charge on any atom is 0.374 e. The van der Waals surface area contributed by atoms with Crippen LogP contribution in [0.3, 0.4) is 0 Å². The fraction of sp³-hybridized carbons (Fsp3) is 0.444. The minimum Gasteiger partial charge on any atom is -0.454 e. The zero-order valence-electron chi connectivity index (χ0n) is 7.96. The number of nitrogens with two attached hydrogens (primary N) is 1. The molecule has 0 unspecified atom stereocenters. The third-order valence-electron chi connectivity index (χ3n) is 1.23. The molecule has 13 heavy (non-hydrogen) atoms. The molecule has 4 nitrogen and oxygen atoms in total. The molecule has 1 aromatic heterocycles. The first kappa shape index (κ1) is 9.64. The van der Waals surface area contributed by atoms with Gasteiger partial charge in [-0.3, -0.25) is 0 Å². The summed E-state index contributed by atoms with van der Waals surface area (Å²) in [6.45, 7) is 5.37. The van der Waals surface area contributed by atoms with Crippen LogP contribution in [0.15, 0.2) is 16.5 Å². The number of ether oxygens (including phenoxy) is 1. The van der Waals surface area contributed by atoms with E-state index in [1.807, 2.05) is 0 Å². The van der Waals surface area contributed by atoms with Gasteiger partial charge in [0.25, 0.3) is 0 Å². The predicted molar refractivity (Wildman–Crippen MR) is 48.3 cm³/mol. The number of hydrogen-bond donors (Lipinski definition) is 1. The first-order valence-corrected chi connectivity index (χ1v) is 3.97. The Hall–Kier alpha value is -1.45. The molecule has 0 saturated heterocycles. The van der Waals surface area contributed by atoms with Gasteiger partial charge in [0.05, 0.1) is 0 Å². The standard InChI is InChI=1S/C9H13NO3/c1-9(2,3)13-8(11)6-4-5-7(10)12-6/h4-5H,10H2,1-3H3. The fourth-order valence-corrected chi connectivity index (χ4v) is 0.791. The average molecular weight is 183 g/mol. The van der Waals surface area contributed by atoms with E-state index in [1.165, 1.54) is 12.1 Å². The molecule has 0 aliphatic heterocycles. The minimum absolute atomic E-state index is 0.132. The number of nitrogen functional groups attached to an aromatic ring is 1. The summed E-state index contributed by atoms with van der Waals surface area (Å²) in [5.41, 5.74) is 4.79. The molecule has 1 aromatic rings. The van der Waals surface area contributed by atoms with Gasteiger partial charge in [0, 0.05) is 6.07 Å². The highest BCUT2D eigenvalue weighted by molar-refractivity contribution is 5.87. The van der Waals surface area contributed by atoms with Gasteiger partial charge in [-0.2, -0.15) is 0 Å². The van der Waals surface area contributed by atoms with Gasteiger partial charge < -0.3 is 14.9 Å². The van der Waals surface area contributed by atoms with E-state index in [2.05, 4.69) is 0 Å². The van der Waals surface area contributed by atoms with E-state index < -0.39 is 11.6 Å². The van der Waals surface area contributed by atoms with Crippen LogP contribution in [0.25, 0.3) is 0 Å². The molecule has 0 aliphatic rings. The molecule has 0 spiro atoms. The summed E-state index contributed by atoms with van der Waals surface area (Å²) in [6.07, 6.45) is 0. The van der Waals surface area contributed by atoms with Gasteiger partial charge in [-0.25, -0.2) is 4.79 Å². The number of furan rings is 1. The van der Waals surface area contributed by atoms with Crippen LogP contribution in [-0.4, -0.2) is 11.6 Å². The second kappa shape index (κ2) is 3.12. The van der Waals surface area contributed by atoms with E-state index in [0.717, 1.165) is 0 Å². The first-order valence-electron chi connectivity index (χ1n) is 3.97. The Morgan fingerprint density at radius 3 is 2.46 bits per heavy atom. The van der Waals surface area contributed by atoms with Gasteiger partial charge in [0.1, 0.15) is 5.60 Å². The van der Waals surface area contributed by atoms with Gasteiger partial charge in [0.15, 0.2) is 5.88 Å². The van der Waals surface area contributed by atoms with Crippen molar-refractivity contribution in [2.45, 2.75) is 26.4 Å². The Balaban J connectivity index is 2.70. The minimum atomic E-state index is -0.515. The summed E-state index contributed by atoms with van der Waals surface area (Å²) in [5.74, 6) is -0.155. The average Bonchev–Trinajstić information content (AvgIpc) is 2.31. The molecule has 72 valence electrons. The van der Waals surface area contributed by atoms with E-state index >= 15 is 0 Å². The third-order valence-corrected chi connectivity index (χ3v) is 1.23. The topological polar surface area (TPSA) is 65.5 Å². The summed E-state index contributed by atoms with van der Waals surface area (Å²) in [7, 11) is 0. The summed E-state index contributed by atoms with van der Waals surface area (Å²) in [5, 5.41) is 0. The van der Waals surface area contributed by atoms with E-state index in [1.54, 1.807) is 20.8 Å². The number of anilines is 1. The Morgan fingerprint density at radius 2 is 2.08 bits per heavy atom. The lowest BCUT2D eigenvalue weighted by atomic mass is 10.2. The molecular weight excluding hydrogens is 170 g/mol. The molecule has 0 radical (unpaired) electrons. The van der Waals surface area contributed by atoms with Crippen LogP contribution < -0.4 is 5.73 Å². The SMILES string of the molecule is CC(C)(C)OC(=O)c1ccc(N)o1. The largest absolute Gasteiger partial charge is 0.454 e. The first-order chi connectivity index (χ1) is 5.88. The molecule has 1 heterocycles. The van der Waals surface area contributed by atoms with Crippen molar-refractivity contribution in [3.8, 4) is 0 Å². The Morgan fingerprint density at radius 1 is 1.46 bits per heavy atom. The van der Waals surface area contributed by atoms with Gasteiger partial charge in [0.2, 0.25) is 5.76 Å².